The number of fused-ring (bicyclic) bond motifs is 1. The Morgan fingerprint density at radius 1 is 1.29 bits per heavy atom. The van der Waals surface area contributed by atoms with E-state index in [0.717, 1.165) is 36.8 Å². The number of carbonyl (C=O) groups is 1. The lowest BCUT2D eigenvalue weighted by molar-refractivity contribution is -0.142. The molecule has 1 fully saturated rings. The maximum Gasteiger partial charge on any atom is 0.303 e. The van der Waals surface area contributed by atoms with E-state index in [2.05, 4.69) is 10.1 Å². The molecule has 1 aliphatic heterocycles. The van der Waals surface area contributed by atoms with Crippen LogP contribution in [0.15, 0.2) is 36.7 Å². The number of nitrogen functional groups attached to an aromatic ring is 1. The molecule has 3 heterocycles. The number of hydrogen-bond donors (Lipinski definition) is 1. The average molecular weight is 382 g/mol. The van der Waals surface area contributed by atoms with Crippen molar-refractivity contribution in [1.82, 2.24) is 14.8 Å². The predicted octanol–water partition coefficient (Wildman–Crippen LogP) is 3.57. The molecule has 4 rings (SSSR count). The zero-order chi connectivity index (χ0) is 19.5. The highest BCUT2D eigenvalue weighted by atomic mass is 16.5. The number of pyridine rings is 1. The molecule has 8 nitrogen and oxygen atoms in total. The third-order valence-corrected chi connectivity index (χ3v) is 4.56. The number of esters is 1. The van der Waals surface area contributed by atoms with Gasteiger partial charge in [0, 0.05) is 25.0 Å². The van der Waals surface area contributed by atoms with E-state index in [1.54, 1.807) is 18.5 Å². The molecule has 0 spiro atoms. The number of nitrogens with two attached hydrogens (primary N) is 1. The van der Waals surface area contributed by atoms with Gasteiger partial charge in [-0.3, -0.25) is 9.78 Å². The van der Waals surface area contributed by atoms with Gasteiger partial charge < -0.3 is 19.9 Å². The highest BCUT2D eigenvalue weighted by molar-refractivity contribution is 5.84. The van der Waals surface area contributed by atoms with E-state index in [1.807, 2.05) is 22.9 Å². The first-order chi connectivity index (χ1) is 13.6. The number of hydrogen-bond acceptors (Lipinski definition) is 7. The van der Waals surface area contributed by atoms with Crippen molar-refractivity contribution in [1.29, 1.82) is 0 Å². The fourth-order valence-corrected chi connectivity index (χ4v) is 3.29. The summed E-state index contributed by atoms with van der Waals surface area (Å²) in [4.78, 5) is 15.3. The Morgan fingerprint density at radius 3 is 2.93 bits per heavy atom. The van der Waals surface area contributed by atoms with Crippen molar-refractivity contribution in [2.24, 2.45) is 0 Å². The second kappa shape index (κ2) is 7.85. The Labute approximate surface area is 162 Å². The SMILES string of the molecule is CC(=O)OCc1nn(C2CCCCO2)c2ccc(Oc3cncc(N)c3)cc12. The van der Waals surface area contributed by atoms with Crippen LogP contribution < -0.4 is 10.5 Å². The van der Waals surface area contributed by atoms with Crippen molar-refractivity contribution in [2.45, 2.75) is 39.0 Å². The summed E-state index contributed by atoms with van der Waals surface area (Å²) in [6.07, 6.45) is 6.09. The molecule has 0 aliphatic carbocycles. The molecule has 2 N–H and O–H groups in total. The van der Waals surface area contributed by atoms with Crippen LogP contribution in [0.4, 0.5) is 5.69 Å². The lowest BCUT2D eigenvalue weighted by Gasteiger charge is -2.23. The molecule has 28 heavy (non-hydrogen) atoms. The van der Waals surface area contributed by atoms with Gasteiger partial charge in [-0.2, -0.15) is 5.10 Å². The molecule has 3 aromatic rings. The third-order valence-electron chi connectivity index (χ3n) is 4.56. The molecule has 0 saturated carbocycles. The molecule has 8 heteroatoms. The first kappa shape index (κ1) is 18.2. The van der Waals surface area contributed by atoms with Gasteiger partial charge in [0.1, 0.15) is 23.8 Å². The molecule has 1 aliphatic rings. The Hall–Kier alpha value is -3.13. The normalized spacial score (nSPS) is 16.8. The van der Waals surface area contributed by atoms with Crippen molar-refractivity contribution in [2.75, 3.05) is 12.3 Å². The van der Waals surface area contributed by atoms with Crippen LogP contribution in [0, 0.1) is 0 Å². The maximum atomic E-state index is 11.3. The summed E-state index contributed by atoms with van der Waals surface area (Å²) >= 11 is 0. The lowest BCUT2D eigenvalue weighted by atomic mass is 10.1. The summed E-state index contributed by atoms with van der Waals surface area (Å²) in [5, 5.41) is 5.53. The van der Waals surface area contributed by atoms with Crippen LogP contribution >= 0.6 is 0 Å². The largest absolute Gasteiger partial charge is 0.459 e. The minimum absolute atomic E-state index is 0.0921. The Kier molecular flexibility index (Phi) is 5.12. The number of rotatable bonds is 5. The number of carbonyl (C=O) groups excluding carboxylic acids is 1. The van der Waals surface area contributed by atoms with Gasteiger partial charge in [0.15, 0.2) is 6.23 Å². The van der Waals surface area contributed by atoms with E-state index in [0.29, 0.717) is 22.9 Å². The summed E-state index contributed by atoms with van der Waals surface area (Å²) in [7, 11) is 0. The molecule has 1 unspecified atom stereocenters. The van der Waals surface area contributed by atoms with Gasteiger partial charge in [-0.1, -0.05) is 0 Å². The van der Waals surface area contributed by atoms with Gasteiger partial charge >= 0.3 is 5.97 Å². The van der Waals surface area contributed by atoms with E-state index >= 15 is 0 Å². The average Bonchev–Trinajstić information content (AvgIpc) is 3.05. The van der Waals surface area contributed by atoms with E-state index in [9.17, 15) is 4.79 Å². The highest BCUT2D eigenvalue weighted by Crippen LogP contribution is 2.32. The number of anilines is 1. The second-order valence-electron chi connectivity index (χ2n) is 6.73. The van der Waals surface area contributed by atoms with Crippen molar-refractivity contribution in [3.05, 3.63) is 42.4 Å². The zero-order valence-corrected chi connectivity index (χ0v) is 15.6. The van der Waals surface area contributed by atoms with Crippen molar-refractivity contribution >= 4 is 22.6 Å². The minimum atomic E-state index is -0.352. The summed E-state index contributed by atoms with van der Waals surface area (Å²) in [5.74, 6) is 0.812. The minimum Gasteiger partial charge on any atom is -0.459 e. The predicted molar refractivity (Wildman–Crippen MR) is 103 cm³/mol. The van der Waals surface area contributed by atoms with Crippen LogP contribution in [0.1, 0.15) is 38.1 Å². The number of aromatic nitrogens is 3. The smallest absolute Gasteiger partial charge is 0.303 e. The number of ether oxygens (including phenoxy) is 3. The van der Waals surface area contributed by atoms with E-state index in [-0.39, 0.29) is 18.8 Å². The van der Waals surface area contributed by atoms with Gasteiger partial charge in [0.05, 0.1) is 23.6 Å². The number of nitrogens with zero attached hydrogens (tertiary/aromatic N) is 3. The summed E-state index contributed by atoms with van der Waals surface area (Å²) in [6.45, 7) is 2.19. The number of benzene rings is 1. The van der Waals surface area contributed by atoms with Crippen molar-refractivity contribution < 1.29 is 19.0 Å². The van der Waals surface area contributed by atoms with Crippen LogP contribution in [0.2, 0.25) is 0 Å². The molecule has 0 bridgehead atoms. The Bertz CT molecular complexity index is 995. The molecule has 1 atom stereocenters. The van der Waals surface area contributed by atoms with Gasteiger partial charge in [-0.05, 0) is 37.5 Å². The molecular weight excluding hydrogens is 360 g/mol. The van der Waals surface area contributed by atoms with E-state index < -0.39 is 0 Å². The first-order valence-corrected chi connectivity index (χ1v) is 9.24. The molecule has 0 amide bonds. The monoisotopic (exact) mass is 382 g/mol. The molecule has 146 valence electrons. The fraction of sp³-hybridized carbons (Fsp3) is 0.350. The van der Waals surface area contributed by atoms with Crippen LogP contribution in [-0.2, 0) is 20.9 Å². The van der Waals surface area contributed by atoms with Crippen LogP contribution in [0.25, 0.3) is 10.9 Å². The fourth-order valence-electron chi connectivity index (χ4n) is 3.29. The van der Waals surface area contributed by atoms with Crippen LogP contribution in [0.3, 0.4) is 0 Å². The topological polar surface area (TPSA) is 101 Å². The Balaban J connectivity index is 1.70. The first-order valence-electron chi connectivity index (χ1n) is 9.24. The highest BCUT2D eigenvalue weighted by Gasteiger charge is 2.22. The summed E-state index contributed by atoms with van der Waals surface area (Å²) in [5.41, 5.74) is 7.86. The zero-order valence-electron chi connectivity index (χ0n) is 15.6. The molecule has 0 radical (unpaired) electrons. The standard InChI is InChI=1S/C20H22N4O4/c1-13(25)27-12-18-17-9-15(28-16-8-14(21)10-22-11-16)5-6-19(17)24(23-18)20-4-2-3-7-26-20/h5-6,8-11,20H,2-4,7,12,21H2,1H3. The maximum absolute atomic E-state index is 11.3. The quantitative estimate of drug-likeness (QED) is 0.673. The molecular formula is C20H22N4O4. The third kappa shape index (κ3) is 3.91. The second-order valence-corrected chi connectivity index (χ2v) is 6.73. The van der Waals surface area contributed by atoms with Gasteiger partial charge in [-0.15, -0.1) is 0 Å². The van der Waals surface area contributed by atoms with E-state index in [1.165, 1.54) is 6.92 Å². The summed E-state index contributed by atoms with van der Waals surface area (Å²) < 4.78 is 18.8. The van der Waals surface area contributed by atoms with Crippen molar-refractivity contribution in [3.63, 3.8) is 0 Å². The van der Waals surface area contributed by atoms with Crippen molar-refractivity contribution in [3.8, 4) is 11.5 Å². The molecule has 2 aromatic heterocycles. The van der Waals surface area contributed by atoms with Crippen LogP contribution in [-0.4, -0.2) is 27.3 Å². The molecule has 1 saturated heterocycles. The van der Waals surface area contributed by atoms with Crippen LogP contribution in [0.5, 0.6) is 11.5 Å². The van der Waals surface area contributed by atoms with E-state index in [4.69, 9.17) is 19.9 Å². The van der Waals surface area contributed by atoms with Gasteiger partial charge in [0.25, 0.3) is 0 Å². The summed E-state index contributed by atoms with van der Waals surface area (Å²) in [6, 6.07) is 7.38. The molecule has 1 aromatic carbocycles. The van der Waals surface area contributed by atoms with Gasteiger partial charge in [-0.25, -0.2) is 4.68 Å². The van der Waals surface area contributed by atoms with Gasteiger partial charge in [0.2, 0.25) is 0 Å². The lowest BCUT2D eigenvalue weighted by Crippen LogP contribution is -2.19. The Morgan fingerprint density at radius 2 is 2.18 bits per heavy atom.